The largest absolute Gasteiger partial charge is 0.470 e. The van der Waals surface area contributed by atoms with Crippen molar-refractivity contribution in [1.82, 2.24) is 34.7 Å². The topological polar surface area (TPSA) is 144 Å². The summed E-state index contributed by atoms with van der Waals surface area (Å²) < 4.78 is 18.8. The smallest absolute Gasteiger partial charge is 0.410 e. The van der Waals surface area contributed by atoms with Gasteiger partial charge in [0.1, 0.15) is 23.6 Å². The number of anilines is 1. The highest BCUT2D eigenvalue weighted by atomic mass is 16.6. The third-order valence-corrected chi connectivity index (χ3v) is 7.26. The molecule has 1 N–H and O–H groups in total. The summed E-state index contributed by atoms with van der Waals surface area (Å²) in [5.74, 6) is 1.11. The van der Waals surface area contributed by atoms with Gasteiger partial charge in [-0.3, -0.25) is 4.79 Å². The first-order chi connectivity index (χ1) is 20.1. The molecule has 0 radical (unpaired) electrons. The van der Waals surface area contributed by atoms with E-state index >= 15 is 0 Å². The second-order valence-electron chi connectivity index (χ2n) is 11.6. The Labute approximate surface area is 242 Å². The zero-order valence-corrected chi connectivity index (χ0v) is 23.9. The van der Waals surface area contributed by atoms with Crippen molar-refractivity contribution in [3.8, 4) is 17.0 Å². The van der Waals surface area contributed by atoms with Crippen LogP contribution in [-0.2, 0) is 14.3 Å². The van der Waals surface area contributed by atoms with Crippen LogP contribution in [0.1, 0.15) is 27.2 Å². The van der Waals surface area contributed by atoms with E-state index in [-0.39, 0.29) is 24.5 Å². The molecular weight excluding hydrogens is 544 g/mol. The molecule has 222 valence electrons. The molecular formula is C28H34N8O6. The van der Waals surface area contributed by atoms with E-state index < -0.39 is 17.8 Å². The Balaban J connectivity index is 1.11. The molecule has 3 aliphatic heterocycles. The van der Waals surface area contributed by atoms with Crippen molar-refractivity contribution < 1.29 is 28.6 Å². The average molecular weight is 579 g/mol. The number of hydrogen-bond donors (Lipinski definition) is 1. The van der Waals surface area contributed by atoms with Gasteiger partial charge >= 0.3 is 12.2 Å². The Kier molecular flexibility index (Phi) is 7.21. The SMILES string of the molecule is CC(C)(C)OC(=O)N1CC(Oc2ncccc2-c2cnn3ccc(N4CCN(C(=O)O[C@@H]5CNC(=O)C5)CC4)nc23)C1. The fourth-order valence-corrected chi connectivity index (χ4v) is 5.06. The molecule has 6 rings (SSSR count). The van der Waals surface area contributed by atoms with Crippen molar-refractivity contribution in [3.05, 3.63) is 36.8 Å². The van der Waals surface area contributed by atoms with E-state index in [0.29, 0.717) is 57.3 Å². The summed E-state index contributed by atoms with van der Waals surface area (Å²) in [7, 11) is 0. The van der Waals surface area contributed by atoms with Crippen LogP contribution in [0, 0.1) is 0 Å². The third-order valence-electron chi connectivity index (χ3n) is 7.26. The predicted octanol–water partition coefficient (Wildman–Crippen LogP) is 1.94. The van der Waals surface area contributed by atoms with Gasteiger partial charge in [0, 0.05) is 44.1 Å². The number of piperazine rings is 1. The quantitative estimate of drug-likeness (QED) is 0.477. The van der Waals surface area contributed by atoms with Gasteiger partial charge in [-0.2, -0.15) is 5.10 Å². The highest BCUT2D eigenvalue weighted by molar-refractivity contribution is 5.81. The third kappa shape index (κ3) is 5.87. The molecule has 3 aliphatic rings. The van der Waals surface area contributed by atoms with E-state index in [1.165, 1.54) is 0 Å². The number of fused-ring (bicyclic) bond motifs is 1. The summed E-state index contributed by atoms with van der Waals surface area (Å²) in [6, 6.07) is 5.64. The average Bonchev–Trinajstić information content (AvgIpc) is 3.55. The molecule has 3 aromatic heterocycles. The molecule has 0 unspecified atom stereocenters. The Hall–Kier alpha value is -4.62. The minimum atomic E-state index is -0.554. The van der Waals surface area contributed by atoms with Gasteiger partial charge in [-0.15, -0.1) is 0 Å². The number of ether oxygens (including phenoxy) is 3. The number of pyridine rings is 1. The Bertz CT molecular complexity index is 1490. The van der Waals surface area contributed by atoms with E-state index in [1.54, 1.807) is 26.7 Å². The Morgan fingerprint density at radius 2 is 1.79 bits per heavy atom. The number of carbonyl (C=O) groups excluding carboxylic acids is 3. The lowest BCUT2D eigenvalue weighted by Gasteiger charge is -2.39. The fourth-order valence-electron chi connectivity index (χ4n) is 5.06. The highest BCUT2D eigenvalue weighted by Crippen LogP contribution is 2.33. The van der Waals surface area contributed by atoms with Crippen LogP contribution in [0.5, 0.6) is 5.88 Å². The fraction of sp³-hybridized carbons (Fsp3) is 0.500. The molecule has 14 nitrogen and oxygen atoms in total. The number of hydrogen-bond acceptors (Lipinski definition) is 10. The number of aromatic nitrogens is 4. The molecule has 0 aromatic carbocycles. The summed E-state index contributed by atoms with van der Waals surface area (Å²) in [6.07, 6.45) is 4.09. The van der Waals surface area contributed by atoms with Gasteiger partial charge in [-0.25, -0.2) is 24.1 Å². The van der Waals surface area contributed by atoms with Crippen LogP contribution < -0.4 is 15.0 Å². The molecule has 0 saturated carbocycles. The van der Waals surface area contributed by atoms with E-state index in [2.05, 4.69) is 20.3 Å². The van der Waals surface area contributed by atoms with Gasteiger partial charge in [-0.05, 0) is 39.0 Å². The molecule has 3 fully saturated rings. The number of rotatable bonds is 5. The molecule has 14 heteroatoms. The molecule has 3 aromatic rings. The van der Waals surface area contributed by atoms with Gasteiger partial charge in [0.05, 0.1) is 37.8 Å². The minimum Gasteiger partial charge on any atom is -0.470 e. The molecule has 42 heavy (non-hydrogen) atoms. The monoisotopic (exact) mass is 578 g/mol. The van der Waals surface area contributed by atoms with Crippen LogP contribution in [0.3, 0.4) is 0 Å². The van der Waals surface area contributed by atoms with Crippen molar-refractivity contribution in [2.75, 3.05) is 50.7 Å². The maximum absolute atomic E-state index is 12.6. The first-order valence-corrected chi connectivity index (χ1v) is 14.0. The summed E-state index contributed by atoms with van der Waals surface area (Å²) in [6.45, 7) is 8.83. The lowest BCUT2D eigenvalue weighted by molar-refractivity contribution is -0.119. The van der Waals surface area contributed by atoms with E-state index in [4.69, 9.17) is 19.2 Å². The number of likely N-dealkylation sites (tertiary alicyclic amines) is 1. The lowest BCUT2D eigenvalue weighted by atomic mass is 10.1. The summed E-state index contributed by atoms with van der Waals surface area (Å²) >= 11 is 0. The molecule has 0 spiro atoms. The van der Waals surface area contributed by atoms with Crippen LogP contribution in [0.2, 0.25) is 0 Å². The van der Waals surface area contributed by atoms with Gasteiger partial charge in [0.2, 0.25) is 11.8 Å². The number of amides is 3. The van der Waals surface area contributed by atoms with Crippen molar-refractivity contribution in [1.29, 1.82) is 0 Å². The number of carbonyl (C=O) groups is 3. The predicted molar refractivity (Wildman–Crippen MR) is 150 cm³/mol. The summed E-state index contributed by atoms with van der Waals surface area (Å²) in [5, 5.41) is 7.16. The van der Waals surface area contributed by atoms with Crippen LogP contribution >= 0.6 is 0 Å². The van der Waals surface area contributed by atoms with Crippen LogP contribution in [0.25, 0.3) is 16.8 Å². The summed E-state index contributed by atoms with van der Waals surface area (Å²) in [5.41, 5.74) is 1.61. The van der Waals surface area contributed by atoms with E-state index in [9.17, 15) is 14.4 Å². The zero-order valence-electron chi connectivity index (χ0n) is 23.9. The molecule has 6 heterocycles. The van der Waals surface area contributed by atoms with Gasteiger partial charge in [0.25, 0.3) is 0 Å². The second kappa shape index (κ2) is 11.0. The maximum atomic E-state index is 12.6. The zero-order chi connectivity index (χ0) is 29.4. The molecule has 1 atom stereocenters. The Morgan fingerprint density at radius 1 is 1.00 bits per heavy atom. The normalized spacial score (nSPS) is 19.5. The first-order valence-electron chi connectivity index (χ1n) is 14.0. The van der Waals surface area contributed by atoms with Crippen molar-refractivity contribution >= 4 is 29.6 Å². The van der Waals surface area contributed by atoms with Crippen molar-refractivity contribution in [3.63, 3.8) is 0 Å². The molecule has 0 aliphatic carbocycles. The maximum Gasteiger partial charge on any atom is 0.410 e. The van der Waals surface area contributed by atoms with Crippen LogP contribution in [0.4, 0.5) is 15.4 Å². The van der Waals surface area contributed by atoms with Gasteiger partial charge in [0.15, 0.2) is 5.65 Å². The van der Waals surface area contributed by atoms with Crippen molar-refractivity contribution in [2.24, 2.45) is 0 Å². The van der Waals surface area contributed by atoms with Gasteiger partial charge < -0.3 is 34.2 Å². The highest BCUT2D eigenvalue weighted by Gasteiger charge is 2.36. The molecule has 0 bridgehead atoms. The van der Waals surface area contributed by atoms with E-state index in [1.807, 2.05) is 45.2 Å². The number of nitrogens with zero attached hydrogens (tertiary/aromatic N) is 7. The molecule has 3 amide bonds. The summed E-state index contributed by atoms with van der Waals surface area (Å²) in [4.78, 5) is 51.0. The van der Waals surface area contributed by atoms with Gasteiger partial charge in [-0.1, -0.05) is 0 Å². The van der Waals surface area contributed by atoms with E-state index in [0.717, 1.165) is 16.9 Å². The minimum absolute atomic E-state index is 0.101. The second-order valence-corrected chi connectivity index (χ2v) is 11.6. The Morgan fingerprint density at radius 3 is 2.50 bits per heavy atom. The number of nitrogens with one attached hydrogen (secondary N) is 1. The first kappa shape index (κ1) is 27.5. The van der Waals surface area contributed by atoms with Crippen molar-refractivity contribution in [2.45, 2.75) is 45.0 Å². The standard InChI is InChI=1S/C28H34N8O6/c1-28(2,3)42-27(39)35-16-19(17-35)40-25-20(5-4-7-29-25)21-15-31-36-8-6-22(32-24(21)36)33-9-11-34(12-10-33)26(38)41-18-13-23(37)30-14-18/h4-8,15,18-19H,9-14,16-17H2,1-3H3,(H,30,37)/t18-/m0/s1. The van der Waals surface area contributed by atoms with Crippen LogP contribution in [0.15, 0.2) is 36.8 Å². The molecule has 3 saturated heterocycles. The lowest BCUT2D eigenvalue weighted by Crippen LogP contribution is -2.57. The van der Waals surface area contributed by atoms with Crippen LogP contribution in [-0.4, -0.2) is 111 Å².